The van der Waals surface area contributed by atoms with Crippen LogP contribution in [0.25, 0.3) is 0 Å². The number of carbonyl (C=O) groups excluding carboxylic acids is 3. The molecule has 0 aliphatic carbocycles. The molecule has 0 aliphatic heterocycles. The van der Waals surface area contributed by atoms with Crippen LogP contribution in [-0.4, -0.2) is 37.2 Å². The Morgan fingerprint density at radius 3 is 0.818 bits per heavy atom. The summed E-state index contributed by atoms with van der Waals surface area (Å²) in [6, 6.07) is 0. The Balaban J connectivity index is 4.37. The maximum atomic E-state index is 12.9. The highest BCUT2D eigenvalue weighted by molar-refractivity contribution is 5.71. The van der Waals surface area contributed by atoms with Gasteiger partial charge in [-0.15, -0.1) is 0 Å². The molecule has 0 N–H and O–H groups in total. The van der Waals surface area contributed by atoms with Crippen molar-refractivity contribution in [2.45, 2.75) is 309 Å². The minimum absolute atomic E-state index is 0.0881. The average Bonchev–Trinajstić information content (AvgIpc) is 3.43. The fourth-order valence-corrected chi connectivity index (χ4v) is 8.88. The molecule has 77 heavy (non-hydrogen) atoms. The Kier molecular flexibility index (Phi) is 61.3. The Morgan fingerprint density at radius 2 is 0.506 bits per heavy atom. The second-order valence-electron chi connectivity index (χ2n) is 21.3. The Hall–Kier alpha value is -3.93. The van der Waals surface area contributed by atoms with Crippen LogP contribution in [0.4, 0.5) is 0 Å². The summed E-state index contributed by atoms with van der Waals surface area (Å²) in [5, 5.41) is 0. The van der Waals surface area contributed by atoms with Crippen LogP contribution in [0.1, 0.15) is 303 Å². The van der Waals surface area contributed by atoms with Crippen molar-refractivity contribution in [1.82, 2.24) is 0 Å². The molecule has 0 saturated carbocycles. The molecule has 1 unspecified atom stereocenters. The highest BCUT2D eigenvalue weighted by Gasteiger charge is 2.19. The van der Waals surface area contributed by atoms with Crippen LogP contribution < -0.4 is 0 Å². The van der Waals surface area contributed by atoms with Crippen LogP contribution in [-0.2, 0) is 28.6 Å². The van der Waals surface area contributed by atoms with Gasteiger partial charge in [-0.1, -0.05) is 265 Å². The predicted octanol–water partition coefficient (Wildman–Crippen LogP) is 22.2. The van der Waals surface area contributed by atoms with E-state index in [-0.39, 0.29) is 31.1 Å². The number of carbonyl (C=O) groups is 3. The van der Waals surface area contributed by atoms with E-state index in [1.165, 1.54) is 141 Å². The van der Waals surface area contributed by atoms with Gasteiger partial charge in [0.25, 0.3) is 0 Å². The van der Waals surface area contributed by atoms with E-state index in [9.17, 15) is 14.4 Å². The van der Waals surface area contributed by atoms with Crippen LogP contribution in [0, 0.1) is 0 Å². The van der Waals surface area contributed by atoms with Crippen molar-refractivity contribution in [2.75, 3.05) is 13.2 Å². The maximum absolute atomic E-state index is 12.9. The van der Waals surface area contributed by atoms with Gasteiger partial charge in [0.2, 0.25) is 0 Å². The van der Waals surface area contributed by atoms with Crippen molar-refractivity contribution in [3.8, 4) is 0 Å². The largest absolute Gasteiger partial charge is 0.462 e. The van der Waals surface area contributed by atoms with Crippen molar-refractivity contribution in [3.05, 3.63) is 109 Å². The molecule has 0 aromatic heterocycles. The molecule has 0 aromatic carbocycles. The van der Waals surface area contributed by atoms with Gasteiger partial charge < -0.3 is 14.2 Å². The third kappa shape index (κ3) is 62.8. The molecule has 0 aromatic rings. The standard InChI is InChI=1S/C71H120O6/c1-4-7-10-13-16-19-22-25-28-30-32-33-34-35-36-37-38-39-40-42-43-46-49-52-55-58-61-64-70(73)76-67-68(66-75-69(72)63-60-57-54-51-48-45-27-24-21-18-15-12-9-6-3)77-71(74)65-62-59-56-53-50-47-44-41-31-29-26-23-20-17-14-11-8-5-2/h7,10,16,19-20,23-25,27-29,31-33,35-36,38-39,68H,4-6,8-9,11-15,17-18,21-22,26,30,34,37,40-67H2,1-3H3/b10-7-,19-16-,23-20-,27-24-,28-25-,31-29-,33-32-,36-35-,39-38-. The Morgan fingerprint density at radius 1 is 0.273 bits per heavy atom. The first-order valence-electron chi connectivity index (χ1n) is 32.4. The molecular formula is C71H120O6. The Labute approximate surface area is 476 Å². The quantitative estimate of drug-likeness (QED) is 0.0261. The fourth-order valence-electron chi connectivity index (χ4n) is 8.88. The van der Waals surface area contributed by atoms with Crippen molar-refractivity contribution in [3.63, 3.8) is 0 Å². The molecule has 440 valence electrons. The van der Waals surface area contributed by atoms with Crippen molar-refractivity contribution < 1.29 is 28.6 Å². The summed E-state index contributed by atoms with van der Waals surface area (Å²) in [4.78, 5) is 38.3. The van der Waals surface area contributed by atoms with Gasteiger partial charge in [-0.3, -0.25) is 14.4 Å². The van der Waals surface area contributed by atoms with E-state index in [0.717, 1.165) is 122 Å². The molecule has 6 heteroatoms. The van der Waals surface area contributed by atoms with Crippen molar-refractivity contribution >= 4 is 17.9 Å². The van der Waals surface area contributed by atoms with E-state index in [1.54, 1.807) is 0 Å². The highest BCUT2D eigenvalue weighted by atomic mass is 16.6. The summed E-state index contributed by atoms with van der Waals surface area (Å²) in [6.45, 7) is 6.50. The summed E-state index contributed by atoms with van der Waals surface area (Å²) in [5.74, 6) is -0.905. The number of unbranched alkanes of at least 4 members (excludes halogenated alkanes) is 29. The summed E-state index contributed by atoms with van der Waals surface area (Å²) >= 11 is 0. The van der Waals surface area contributed by atoms with Gasteiger partial charge in [-0.2, -0.15) is 0 Å². The lowest BCUT2D eigenvalue weighted by molar-refractivity contribution is -0.167. The first-order valence-corrected chi connectivity index (χ1v) is 32.4. The number of hydrogen-bond acceptors (Lipinski definition) is 6. The number of hydrogen-bond donors (Lipinski definition) is 0. The zero-order valence-electron chi connectivity index (χ0n) is 50.4. The normalized spacial score (nSPS) is 12.8. The minimum atomic E-state index is -0.792. The third-order valence-electron chi connectivity index (χ3n) is 13.7. The van der Waals surface area contributed by atoms with Gasteiger partial charge >= 0.3 is 17.9 Å². The van der Waals surface area contributed by atoms with Gasteiger partial charge in [0.1, 0.15) is 13.2 Å². The van der Waals surface area contributed by atoms with E-state index in [1.807, 2.05) is 0 Å². The van der Waals surface area contributed by atoms with Gasteiger partial charge in [0, 0.05) is 19.3 Å². The first kappa shape index (κ1) is 73.1. The van der Waals surface area contributed by atoms with E-state index >= 15 is 0 Å². The molecule has 0 heterocycles. The van der Waals surface area contributed by atoms with E-state index in [0.29, 0.717) is 19.3 Å². The van der Waals surface area contributed by atoms with E-state index in [4.69, 9.17) is 14.2 Å². The summed E-state index contributed by atoms with van der Waals surface area (Å²) in [6.07, 6.45) is 88.0. The maximum Gasteiger partial charge on any atom is 0.306 e. The first-order chi connectivity index (χ1) is 38.0. The molecule has 0 spiro atoms. The molecule has 0 amide bonds. The van der Waals surface area contributed by atoms with E-state index < -0.39 is 6.10 Å². The SMILES string of the molecule is CC/C=C\C/C=C\C/C=C\C/C=C\C/C=C\C/C=C\CCCCCCCCCCC(=O)OCC(COC(=O)CCCCCCC/C=C\CCCCCCC)OC(=O)CCCCCCCCC/C=C\C/C=C\CCCCCC. The second-order valence-corrected chi connectivity index (χ2v) is 21.3. The number of rotatable bonds is 58. The molecule has 0 fully saturated rings. The number of esters is 3. The molecule has 0 radical (unpaired) electrons. The van der Waals surface area contributed by atoms with Crippen LogP contribution in [0.5, 0.6) is 0 Å². The van der Waals surface area contributed by atoms with Gasteiger partial charge in [0.15, 0.2) is 6.10 Å². The van der Waals surface area contributed by atoms with Crippen molar-refractivity contribution in [1.29, 1.82) is 0 Å². The van der Waals surface area contributed by atoms with Crippen molar-refractivity contribution in [2.24, 2.45) is 0 Å². The molecule has 0 saturated heterocycles. The number of allylic oxidation sites excluding steroid dienone is 18. The zero-order chi connectivity index (χ0) is 55.7. The minimum Gasteiger partial charge on any atom is -0.462 e. The van der Waals surface area contributed by atoms with Gasteiger partial charge in [0.05, 0.1) is 0 Å². The fraction of sp³-hybridized carbons (Fsp3) is 0.704. The lowest BCUT2D eigenvalue weighted by Gasteiger charge is -2.18. The topological polar surface area (TPSA) is 78.9 Å². The molecule has 0 rings (SSSR count). The number of ether oxygens (including phenoxy) is 3. The zero-order valence-corrected chi connectivity index (χ0v) is 50.4. The van der Waals surface area contributed by atoms with Crippen LogP contribution in [0.15, 0.2) is 109 Å². The molecule has 6 nitrogen and oxygen atoms in total. The molecule has 0 aliphatic rings. The molecule has 0 bridgehead atoms. The Bertz CT molecular complexity index is 1560. The predicted molar refractivity (Wildman–Crippen MR) is 334 cm³/mol. The van der Waals surface area contributed by atoms with Crippen LogP contribution in [0.2, 0.25) is 0 Å². The smallest absolute Gasteiger partial charge is 0.306 e. The van der Waals surface area contributed by atoms with Gasteiger partial charge in [-0.05, 0) is 128 Å². The summed E-state index contributed by atoms with van der Waals surface area (Å²) < 4.78 is 16.9. The van der Waals surface area contributed by atoms with Crippen LogP contribution in [0.3, 0.4) is 0 Å². The average molecular weight is 1070 g/mol. The lowest BCUT2D eigenvalue weighted by atomic mass is 10.1. The molecular weight excluding hydrogens is 949 g/mol. The van der Waals surface area contributed by atoms with Gasteiger partial charge in [-0.25, -0.2) is 0 Å². The van der Waals surface area contributed by atoms with Crippen LogP contribution >= 0.6 is 0 Å². The summed E-state index contributed by atoms with van der Waals surface area (Å²) in [5.41, 5.74) is 0. The van der Waals surface area contributed by atoms with E-state index in [2.05, 4.69) is 130 Å². The molecule has 1 atom stereocenters. The lowest BCUT2D eigenvalue weighted by Crippen LogP contribution is -2.30. The summed E-state index contributed by atoms with van der Waals surface area (Å²) in [7, 11) is 0. The highest BCUT2D eigenvalue weighted by Crippen LogP contribution is 2.15. The second kappa shape index (κ2) is 64.6. The third-order valence-corrected chi connectivity index (χ3v) is 13.7. The monoisotopic (exact) mass is 1070 g/mol.